The van der Waals surface area contributed by atoms with Gasteiger partial charge in [0, 0.05) is 0 Å². The van der Waals surface area contributed by atoms with Gasteiger partial charge < -0.3 is 9.80 Å². The average Bonchev–Trinajstić information content (AvgIpc) is 2.23. The fraction of sp³-hybridized carbons (Fsp3) is 1.00. The van der Waals surface area contributed by atoms with Gasteiger partial charge in [-0.05, 0) is 47.2 Å². The number of nitrogens with zero attached hydrogens (tertiary/aromatic N) is 2. The van der Waals surface area contributed by atoms with Crippen molar-refractivity contribution in [2.45, 2.75) is 41.0 Å². The Morgan fingerprint density at radius 2 is 1.21 bits per heavy atom. The Kier molecular flexibility index (Phi) is 26.0. The lowest BCUT2D eigenvalue weighted by Crippen LogP contribution is -2.23. The molecule has 0 bridgehead atoms. The molecule has 0 aromatic carbocycles. The molecule has 0 saturated carbocycles. The highest BCUT2D eigenvalue weighted by molar-refractivity contribution is 4.50. The number of rotatable bonds is 5. The van der Waals surface area contributed by atoms with Crippen molar-refractivity contribution < 1.29 is 0 Å². The van der Waals surface area contributed by atoms with Crippen molar-refractivity contribution in [3.8, 4) is 0 Å². The van der Waals surface area contributed by atoms with Gasteiger partial charge in [-0.25, -0.2) is 0 Å². The van der Waals surface area contributed by atoms with Crippen LogP contribution < -0.4 is 0 Å². The van der Waals surface area contributed by atoms with Gasteiger partial charge in [-0.1, -0.05) is 34.6 Å². The lowest BCUT2D eigenvalue weighted by Gasteiger charge is -2.15. The molecule has 2 nitrogen and oxygen atoms in total. The van der Waals surface area contributed by atoms with E-state index in [4.69, 9.17) is 0 Å². The van der Waals surface area contributed by atoms with E-state index in [0.717, 1.165) is 6.54 Å². The van der Waals surface area contributed by atoms with E-state index in [9.17, 15) is 0 Å². The smallest absolute Gasteiger partial charge is 0.000972 e. The standard InChI is InChI=1S/C8H20N2.2C2H6/c1-5-10(4)8-6-7-9(2)3;2*1-2/h5-8H2,1-4H3;2*1-2H3. The highest BCUT2D eigenvalue weighted by Gasteiger charge is 1.94. The first kappa shape index (κ1) is 19.5. The molecule has 0 aromatic rings. The summed E-state index contributed by atoms with van der Waals surface area (Å²) in [4.78, 5) is 4.56. The second-order valence-corrected chi connectivity index (χ2v) is 3.05. The quantitative estimate of drug-likeness (QED) is 0.679. The first-order valence-electron chi connectivity index (χ1n) is 6.00. The fourth-order valence-corrected chi connectivity index (χ4v) is 0.815. The maximum atomic E-state index is 2.34. The Hall–Kier alpha value is -0.0800. The summed E-state index contributed by atoms with van der Waals surface area (Å²) in [5.41, 5.74) is 0. The monoisotopic (exact) mass is 204 g/mol. The number of hydrogen-bond donors (Lipinski definition) is 0. The molecule has 0 amide bonds. The third-order valence-corrected chi connectivity index (χ3v) is 1.68. The molecule has 0 aliphatic rings. The zero-order valence-electron chi connectivity index (χ0n) is 11.7. The maximum Gasteiger partial charge on any atom is -0.000972 e. The largest absolute Gasteiger partial charge is 0.309 e. The summed E-state index contributed by atoms with van der Waals surface area (Å²) >= 11 is 0. The van der Waals surface area contributed by atoms with Crippen LogP contribution in [0, 0.1) is 0 Å². The highest BCUT2D eigenvalue weighted by Crippen LogP contribution is 1.87. The molecule has 0 saturated heterocycles. The third kappa shape index (κ3) is 22.7. The summed E-state index contributed by atoms with van der Waals surface area (Å²) < 4.78 is 0. The van der Waals surface area contributed by atoms with Crippen LogP contribution in [0.25, 0.3) is 0 Å². The van der Waals surface area contributed by atoms with E-state index in [2.05, 4.69) is 37.9 Å². The van der Waals surface area contributed by atoms with Crippen molar-refractivity contribution in [2.24, 2.45) is 0 Å². The SMILES string of the molecule is CC.CC.CCN(C)CCCN(C)C. The minimum atomic E-state index is 1.16. The average molecular weight is 204 g/mol. The van der Waals surface area contributed by atoms with Gasteiger partial charge in [0.25, 0.3) is 0 Å². The van der Waals surface area contributed by atoms with Crippen molar-refractivity contribution in [3.05, 3.63) is 0 Å². The van der Waals surface area contributed by atoms with Crippen LogP contribution in [0.2, 0.25) is 0 Å². The van der Waals surface area contributed by atoms with Gasteiger partial charge in [0.2, 0.25) is 0 Å². The van der Waals surface area contributed by atoms with Crippen LogP contribution in [0.1, 0.15) is 41.0 Å². The van der Waals surface area contributed by atoms with E-state index in [0.29, 0.717) is 0 Å². The Labute approximate surface area is 92.3 Å². The summed E-state index contributed by atoms with van der Waals surface area (Å²) in [6.07, 6.45) is 1.28. The van der Waals surface area contributed by atoms with Gasteiger partial charge in [0.1, 0.15) is 0 Å². The van der Waals surface area contributed by atoms with Crippen molar-refractivity contribution in [1.82, 2.24) is 9.80 Å². The molecule has 2 heteroatoms. The summed E-state index contributed by atoms with van der Waals surface area (Å²) in [6.45, 7) is 13.8. The molecule has 0 aliphatic carbocycles. The molecule has 0 N–H and O–H groups in total. The third-order valence-electron chi connectivity index (χ3n) is 1.68. The summed E-state index contributed by atoms with van der Waals surface area (Å²) in [5.74, 6) is 0. The van der Waals surface area contributed by atoms with E-state index in [1.807, 2.05) is 27.7 Å². The molecular formula is C12H32N2. The van der Waals surface area contributed by atoms with Crippen LogP contribution in [0.3, 0.4) is 0 Å². The lowest BCUT2D eigenvalue weighted by atomic mass is 10.4. The normalized spacial score (nSPS) is 9.00. The van der Waals surface area contributed by atoms with Crippen LogP contribution in [0.15, 0.2) is 0 Å². The first-order chi connectivity index (χ1) is 6.66. The molecule has 0 aliphatic heterocycles. The van der Waals surface area contributed by atoms with Crippen LogP contribution in [0.4, 0.5) is 0 Å². The van der Waals surface area contributed by atoms with Crippen LogP contribution in [0.5, 0.6) is 0 Å². The van der Waals surface area contributed by atoms with Crippen LogP contribution in [-0.2, 0) is 0 Å². The van der Waals surface area contributed by atoms with E-state index in [1.165, 1.54) is 19.5 Å². The molecule has 0 unspecified atom stereocenters. The van der Waals surface area contributed by atoms with Crippen LogP contribution in [-0.4, -0.2) is 50.6 Å². The Morgan fingerprint density at radius 1 is 0.786 bits per heavy atom. The minimum absolute atomic E-state index is 1.16. The first-order valence-corrected chi connectivity index (χ1v) is 6.00. The maximum absolute atomic E-state index is 2.34. The van der Waals surface area contributed by atoms with Gasteiger partial charge >= 0.3 is 0 Å². The molecule has 0 atom stereocenters. The second kappa shape index (κ2) is 18.7. The topological polar surface area (TPSA) is 6.48 Å². The Balaban J connectivity index is -0.000000266. The van der Waals surface area contributed by atoms with Crippen molar-refractivity contribution in [3.63, 3.8) is 0 Å². The van der Waals surface area contributed by atoms with Gasteiger partial charge in [-0.3, -0.25) is 0 Å². The highest BCUT2D eigenvalue weighted by atomic mass is 15.1. The molecule has 0 heterocycles. The molecule has 0 fully saturated rings. The predicted molar refractivity (Wildman–Crippen MR) is 69.0 cm³/mol. The van der Waals surface area contributed by atoms with E-state index < -0.39 is 0 Å². The van der Waals surface area contributed by atoms with Crippen molar-refractivity contribution in [1.29, 1.82) is 0 Å². The van der Waals surface area contributed by atoms with Crippen molar-refractivity contribution in [2.75, 3.05) is 40.8 Å². The van der Waals surface area contributed by atoms with Gasteiger partial charge in [0.15, 0.2) is 0 Å². The summed E-state index contributed by atoms with van der Waals surface area (Å²) in [6, 6.07) is 0. The van der Waals surface area contributed by atoms with Crippen molar-refractivity contribution >= 4 is 0 Å². The predicted octanol–water partition coefficient (Wildman–Crippen LogP) is 2.94. The summed E-state index contributed by atoms with van der Waals surface area (Å²) in [7, 11) is 6.40. The molecule has 90 valence electrons. The Morgan fingerprint density at radius 3 is 1.50 bits per heavy atom. The molecule has 0 aromatic heterocycles. The van der Waals surface area contributed by atoms with Gasteiger partial charge in [0.05, 0.1) is 0 Å². The second-order valence-electron chi connectivity index (χ2n) is 3.05. The lowest BCUT2D eigenvalue weighted by molar-refractivity contribution is 0.312. The van der Waals surface area contributed by atoms with E-state index >= 15 is 0 Å². The summed E-state index contributed by atoms with van der Waals surface area (Å²) in [5, 5.41) is 0. The van der Waals surface area contributed by atoms with Gasteiger partial charge in [-0.2, -0.15) is 0 Å². The van der Waals surface area contributed by atoms with Crippen LogP contribution >= 0.6 is 0 Å². The van der Waals surface area contributed by atoms with Gasteiger partial charge in [-0.15, -0.1) is 0 Å². The molecule has 14 heavy (non-hydrogen) atoms. The number of hydrogen-bond acceptors (Lipinski definition) is 2. The fourth-order valence-electron chi connectivity index (χ4n) is 0.815. The van der Waals surface area contributed by atoms with E-state index in [1.54, 1.807) is 0 Å². The molecular weight excluding hydrogens is 172 g/mol. The molecule has 0 rings (SSSR count). The minimum Gasteiger partial charge on any atom is -0.309 e. The Bertz CT molecular complexity index is 72.7. The molecule has 0 spiro atoms. The molecule has 0 radical (unpaired) electrons. The zero-order valence-corrected chi connectivity index (χ0v) is 11.7. The zero-order chi connectivity index (χ0) is 12.0. The van der Waals surface area contributed by atoms with E-state index in [-0.39, 0.29) is 0 Å².